The second-order valence-corrected chi connectivity index (χ2v) is 7.86. The number of hydrogen-bond acceptors (Lipinski definition) is 5. The number of ether oxygens (including phenoxy) is 2. The first-order valence-electron chi connectivity index (χ1n) is 10.6. The summed E-state index contributed by atoms with van der Waals surface area (Å²) in [5.74, 6) is 0.769. The van der Waals surface area contributed by atoms with Gasteiger partial charge >= 0.3 is 5.97 Å². The van der Waals surface area contributed by atoms with E-state index in [4.69, 9.17) is 9.47 Å². The van der Waals surface area contributed by atoms with Gasteiger partial charge in [0.05, 0.1) is 18.6 Å². The Balaban J connectivity index is 1.57. The molecule has 0 bridgehead atoms. The quantitative estimate of drug-likeness (QED) is 0.597. The third-order valence-corrected chi connectivity index (χ3v) is 5.93. The number of esters is 1. The van der Waals surface area contributed by atoms with Crippen LogP contribution < -0.4 is 4.74 Å². The second-order valence-electron chi connectivity index (χ2n) is 7.86. The van der Waals surface area contributed by atoms with Crippen molar-refractivity contribution in [1.29, 1.82) is 0 Å². The first-order chi connectivity index (χ1) is 14.1. The molecule has 1 fully saturated rings. The molecule has 0 amide bonds. The van der Waals surface area contributed by atoms with E-state index in [1.165, 1.54) is 5.56 Å². The summed E-state index contributed by atoms with van der Waals surface area (Å²) in [5, 5.41) is 0. The summed E-state index contributed by atoms with van der Waals surface area (Å²) in [5.41, 5.74) is 0.800. The molecule has 29 heavy (non-hydrogen) atoms. The van der Waals surface area contributed by atoms with Gasteiger partial charge < -0.3 is 14.4 Å². The predicted octanol–water partition coefficient (Wildman–Crippen LogP) is 4.13. The lowest BCUT2D eigenvalue weighted by Gasteiger charge is -2.42. The third kappa shape index (κ3) is 5.80. The molecule has 1 aliphatic heterocycles. The van der Waals surface area contributed by atoms with Gasteiger partial charge in [-0.15, -0.1) is 0 Å². The van der Waals surface area contributed by atoms with Crippen molar-refractivity contribution in [2.75, 3.05) is 26.3 Å². The first kappa shape index (κ1) is 21.3. The zero-order valence-electron chi connectivity index (χ0n) is 17.5. The number of benzene rings is 1. The lowest BCUT2D eigenvalue weighted by atomic mass is 9.75. The second kappa shape index (κ2) is 10.4. The Morgan fingerprint density at radius 1 is 1.17 bits per heavy atom. The Morgan fingerprint density at radius 2 is 1.93 bits per heavy atom. The molecule has 0 aliphatic carbocycles. The lowest BCUT2D eigenvalue weighted by molar-refractivity contribution is -0.160. The van der Waals surface area contributed by atoms with Crippen LogP contribution in [0.25, 0.3) is 0 Å². The third-order valence-electron chi connectivity index (χ3n) is 5.93. The molecule has 0 N–H and O–H groups in total. The number of pyridine rings is 1. The zero-order valence-corrected chi connectivity index (χ0v) is 17.5. The molecule has 1 aromatic carbocycles. The van der Waals surface area contributed by atoms with Gasteiger partial charge in [0.15, 0.2) is 0 Å². The van der Waals surface area contributed by atoms with Crippen LogP contribution in [0.15, 0.2) is 54.9 Å². The van der Waals surface area contributed by atoms with Crippen molar-refractivity contribution in [3.05, 3.63) is 60.4 Å². The van der Waals surface area contributed by atoms with Crippen LogP contribution in [0.4, 0.5) is 0 Å². The highest BCUT2D eigenvalue weighted by Gasteiger charge is 2.43. The molecule has 1 atom stereocenters. The maximum absolute atomic E-state index is 12.8. The molecule has 5 nitrogen and oxygen atoms in total. The Morgan fingerprint density at radius 3 is 2.59 bits per heavy atom. The smallest absolute Gasteiger partial charge is 0.312 e. The van der Waals surface area contributed by atoms with E-state index in [9.17, 15) is 4.79 Å². The highest BCUT2D eigenvalue weighted by Crippen LogP contribution is 2.37. The van der Waals surface area contributed by atoms with E-state index in [0.29, 0.717) is 25.7 Å². The summed E-state index contributed by atoms with van der Waals surface area (Å²) in [7, 11) is 0. The van der Waals surface area contributed by atoms with Gasteiger partial charge in [-0.2, -0.15) is 0 Å². The number of rotatable bonds is 9. The average Bonchev–Trinajstić information content (AvgIpc) is 2.76. The zero-order chi connectivity index (χ0) is 20.5. The molecular weight excluding hydrogens is 364 g/mol. The fourth-order valence-electron chi connectivity index (χ4n) is 4.10. The Labute approximate surface area is 174 Å². The number of likely N-dealkylation sites (tertiary alicyclic amines) is 1. The largest absolute Gasteiger partial charge is 0.494 e. The van der Waals surface area contributed by atoms with Gasteiger partial charge in [0.1, 0.15) is 5.75 Å². The van der Waals surface area contributed by atoms with Crippen LogP contribution in [0.1, 0.15) is 38.7 Å². The van der Waals surface area contributed by atoms with Gasteiger partial charge in [0.2, 0.25) is 0 Å². The van der Waals surface area contributed by atoms with Crippen molar-refractivity contribution in [3.8, 4) is 5.75 Å². The molecule has 0 saturated carbocycles. The van der Waals surface area contributed by atoms with Crippen LogP contribution >= 0.6 is 0 Å². The number of piperidine rings is 1. The van der Waals surface area contributed by atoms with E-state index in [0.717, 1.165) is 38.1 Å². The van der Waals surface area contributed by atoms with E-state index in [2.05, 4.69) is 22.9 Å². The van der Waals surface area contributed by atoms with E-state index < -0.39 is 5.41 Å². The molecule has 0 radical (unpaired) electrons. The number of nitrogens with zero attached hydrogens (tertiary/aromatic N) is 2. The predicted molar refractivity (Wildman–Crippen MR) is 114 cm³/mol. The van der Waals surface area contributed by atoms with Crippen molar-refractivity contribution in [2.45, 2.75) is 45.6 Å². The van der Waals surface area contributed by atoms with Crippen molar-refractivity contribution in [1.82, 2.24) is 9.88 Å². The molecule has 2 heterocycles. The standard InChI is InChI=1S/C24H32N2O3/c1-3-28-23(27)24(13-17-29-22-9-5-4-6-10-22)11-15-26(16-12-24)20(2)18-21-8-7-14-25-19-21/h4-10,14,19-20H,3,11-13,15-18H2,1-2H3. The van der Waals surface area contributed by atoms with Crippen LogP contribution in [0.5, 0.6) is 5.75 Å². The molecule has 3 rings (SSSR count). The van der Waals surface area contributed by atoms with Crippen LogP contribution in [0.3, 0.4) is 0 Å². The molecule has 0 spiro atoms. The first-order valence-corrected chi connectivity index (χ1v) is 10.6. The highest BCUT2D eigenvalue weighted by molar-refractivity contribution is 5.77. The number of para-hydroxylation sites is 1. The topological polar surface area (TPSA) is 51.7 Å². The van der Waals surface area contributed by atoms with E-state index in [1.807, 2.05) is 49.5 Å². The van der Waals surface area contributed by atoms with Crippen molar-refractivity contribution in [3.63, 3.8) is 0 Å². The van der Waals surface area contributed by atoms with Crippen LogP contribution in [0.2, 0.25) is 0 Å². The maximum Gasteiger partial charge on any atom is 0.312 e. The molecule has 1 unspecified atom stereocenters. The monoisotopic (exact) mass is 396 g/mol. The average molecular weight is 397 g/mol. The van der Waals surface area contributed by atoms with E-state index in [1.54, 1.807) is 6.20 Å². The van der Waals surface area contributed by atoms with Gasteiger partial charge in [0.25, 0.3) is 0 Å². The fourth-order valence-corrected chi connectivity index (χ4v) is 4.10. The van der Waals surface area contributed by atoms with Crippen LogP contribution in [-0.4, -0.2) is 48.2 Å². The lowest BCUT2D eigenvalue weighted by Crippen LogP contribution is -2.49. The van der Waals surface area contributed by atoms with Crippen molar-refractivity contribution in [2.24, 2.45) is 5.41 Å². The van der Waals surface area contributed by atoms with Crippen molar-refractivity contribution >= 4 is 5.97 Å². The molecule has 156 valence electrons. The summed E-state index contributed by atoms with van der Waals surface area (Å²) in [6.45, 7) is 6.85. The molecule has 2 aromatic rings. The fraction of sp³-hybridized carbons (Fsp3) is 0.500. The minimum atomic E-state index is -0.449. The van der Waals surface area contributed by atoms with Gasteiger partial charge in [-0.05, 0) is 76.4 Å². The van der Waals surface area contributed by atoms with Crippen molar-refractivity contribution < 1.29 is 14.3 Å². The summed E-state index contributed by atoms with van der Waals surface area (Å²) in [6.07, 6.45) is 7.01. The Kier molecular flexibility index (Phi) is 7.64. The SMILES string of the molecule is CCOC(=O)C1(CCOc2ccccc2)CCN(C(C)Cc2cccnc2)CC1. The summed E-state index contributed by atoms with van der Waals surface area (Å²) in [4.78, 5) is 19.5. The Bertz CT molecular complexity index is 743. The summed E-state index contributed by atoms with van der Waals surface area (Å²) in [6, 6.07) is 14.3. The van der Waals surface area contributed by atoms with Crippen LogP contribution in [-0.2, 0) is 16.0 Å². The molecular formula is C24H32N2O3. The minimum absolute atomic E-state index is 0.0729. The number of hydrogen-bond donors (Lipinski definition) is 0. The molecule has 1 saturated heterocycles. The number of carbonyl (C=O) groups is 1. The molecule has 1 aliphatic rings. The molecule has 5 heteroatoms. The highest BCUT2D eigenvalue weighted by atomic mass is 16.5. The summed E-state index contributed by atoms with van der Waals surface area (Å²) < 4.78 is 11.3. The maximum atomic E-state index is 12.8. The number of carbonyl (C=O) groups excluding carboxylic acids is 1. The normalized spacial score (nSPS) is 17.4. The number of aromatic nitrogens is 1. The van der Waals surface area contributed by atoms with E-state index >= 15 is 0 Å². The Hall–Kier alpha value is -2.40. The van der Waals surface area contributed by atoms with Gasteiger partial charge in [-0.25, -0.2) is 0 Å². The van der Waals surface area contributed by atoms with Gasteiger partial charge in [-0.1, -0.05) is 24.3 Å². The van der Waals surface area contributed by atoms with Gasteiger partial charge in [0, 0.05) is 18.4 Å². The minimum Gasteiger partial charge on any atom is -0.494 e. The van der Waals surface area contributed by atoms with E-state index in [-0.39, 0.29) is 5.97 Å². The van der Waals surface area contributed by atoms with Crippen LogP contribution in [0, 0.1) is 5.41 Å². The molecule has 1 aromatic heterocycles. The summed E-state index contributed by atoms with van der Waals surface area (Å²) >= 11 is 0. The van der Waals surface area contributed by atoms with Gasteiger partial charge in [-0.3, -0.25) is 9.78 Å².